The van der Waals surface area contributed by atoms with E-state index >= 15 is 0 Å². The Balaban J connectivity index is 2.56. The van der Waals surface area contributed by atoms with Crippen LogP contribution in [0.3, 0.4) is 0 Å². The van der Waals surface area contributed by atoms with Gasteiger partial charge in [-0.25, -0.2) is 0 Å². The number of nitrogens with zero attached hydrogens (tertiary/aromatic N) is 1. The van der Waals surface area contributed by atoms with Crippen LogP contribution in [0.2, 0.25) is 0 Å². The summed E-state index contributed by atoms with van der Waals surface area (Å²) in [6.07, 6.45) is 13.1. The van der Waals surface area contributed by atoms with Crippen molar-refractivity contribution in [1.29, 1.82) is 0 Å². The molecule has 1 aliphatic heterocycles. The molecule has 1 saturated heterocycles. The summed E-state index contributed by atoms with van der Waals surface area (Å²) in [7, 11) is 0. The van der Waals surface area contributed by atoms with Gasteiger partial charge in [0.1, 0.15) is 0 Å². The maximum Gasteiger partial charge on any atom is 0.00385 e. The molecule has 0 aromatic rings. The van der Waals surface area contributed by atoms with Gasteiger partial charge in [0.25, 0.3) is 0 Å². The first-order chi connectivity index (χ1) is 9.54. The second-order valence-corrected chi connectivity index (χ2v) is 6.38. The summed E-state index contributed by atoms with van der Waals surface area (Å²) in [6, 6.07) is 0.673. The normalized spacial score (nSPS) is 23.1. The van der Waals surface area contributed by atoms with E-state index in [1.165, 1.54) is 49.9 Å². The molecule has 0 N–H and O–H groups in total. The van der Waals surface area contributed by atoms with Gasteiger partial charge < -0.3 is 4.90 Å². The van der Waals surface area contributed by atoms with Gasteiger partial charge in [-0.1, -0.05) is 49.3 Å². The molecule has 1 rings (SSSR count). The third-order valence-corrected chi connectivity index (χ3v) is 4.35. The van der Waals surface area contributed by atoms with Gasteiger partial charge in [-0.2, -0.15) is 0 Å². The molecule has 0 bridgehead atoms. The van der Waals surface area contributed by atoms with Crippen molar-refractivity contribution in [3.63, 3.8) is 0 Å². The number of rotatable bonds is 5. The Morgan fingerprint density at radius 3 is 2.60 bits per heavy atom. The SMILES string of the molecule is C=C(/C=C\C(C)=C/CC)C1CCCCN(C(C)C)CC1. The van der Waals surface area contributed by atoms with E-state index in [1.807, 2.05) is 0 Å². The summed E-state index contributed by atoms with van der Waals surface area (Å²) in [5.74, 6) is 0.669. The van der Waals surface area contributed by atoms with E-state index in [2.05, 4.69) is 57.4 Å². The van der Waals surface area contributed by atoms with Gasteiger partial charge in [0.05, 0.1) is 0 Å². The lowest BCUT2D eigenvalue weighted by Gasteiger charge is -2.31. The first-order valence-electron chi connectivity index (χ1n) is 8.32. The molecular formula is C19H33N. The van der Waals surface area contributed by atoms with Gasteiger partial charge in [-0.3, -0.25) is 0 Å². The topological polar surface area (TPSA) is 3.24 Å². The summed E-state index contributed by atoms with van der Waals surface area (Å²) in [6.45, 7) is 15.8. The van der Waals surface area contributed by atoms with E-state index in [0.29, 0.717) is 12.0 Å². The summed E-state index contributed by atoms with van der Waals surface area (Å²) in [5, 5.41) is 0. The molecule has 0 amide bonds. The first-order valence-corrected chi connectivity index (χ1v) is 8.32. The molecule has 20 heavy (non-hydrogen) atoms. The Labute approximate surface area is 126 Å². The van der Waals surface area contributed by atoms with Gasteiger partial charge in [-0.15, -0.1) is 0 Å². The van der Waals surface area contributed by atoms with Crippen LogP contribution in [0.5, 0.6) is 0 Å². The Bertz CT molecular complexity index is 349. The van der Waals surface area contributed by atoms with Crippen molar-refractivity contribution in [3.05, 3.63) is 36.0 Å². The fourth-order valence-corrected chi connectivity index (χ4v) is 2.94. The van der Waals surface area contributed by atoms with Crippen LogP contribution in [0.25, 0.3) is 0 Å². The van der Waals surface area contributed by atoms with Crippen LogP contribution in [0.4, 0.5) is 0 Å². The summed E-state index contributed by atoms with van der Waals surface area (Å²) >= 11 is 0. The molecule has 1 fully saturated rings. The van der Waals surface area contributed by atoms with Crippen LogP contribution in [0.1, 0.15) is 59.8 Å². The van der Waals surface area contributed by atoms with Crippen molar-refractivity contribution in [2.75, 3.05) is 13.1 Å². The summed E-state index contributed by atoms with van der Waals surface area (Å²) < 4.78 is 0. The second kappa shape index (κ2) is 9.18. The van der Waals surface area contributed by atoms with Crippen molar-refractivity contribution >= 4 is 0 Å². The monoisotopic (exact) mass is 275 g/mol. The van der Waals surface area contributed by atoms with E-state index in [9.17, 15) is 0 Å². The predicted molar refractivity (Wildman–Crippen MR) is 91.0 cm³/mol. The lowest BCUT2D eigenvalue weighted by molar-refractivity contribution is 0.189. The lowest BCUT2D eigenvalue weighted by atomic mass is 9.89. The maximum atomic E-state index is 4.32. The highest BCUT2D eigenvalue weighted by Gasteiger charge is 2.18. The molecule has 1 aliphatic rings. The molecule has 1 unspecified atom stereocenters. The first kappa shape index (κ1) is 17.2. The van der Waals surface area contributed by atoms with Crippen LogP contribution in [0.15, 0.2) is 36.0 Å². The average Bonchev–Trinajstić information content (AvgIpc) is 2.36. The van der Waals surface area contributed by atoms with Crippen molar-refractivity contribution < 1.29 is 0 Å². The largest absolute Gasteiger partial charge is 0.301 e. The Hall–Kier alpha value is -0.820. The zero-order valence-corrected chi connectivity index (χ0v) is 14.0. The highest BCUT2D eigenvalue weighted by molar-refractivity contribution is 5.26. The average molecular weight is 275 g/mol. The Morgan fingerprint density at radius 1 is 1.20 bits per heavy atom. The smallest absolute Gasteiger partial charge is 0.00385 e. The zero-order valence-electron chi connectivity index (χ0n) is 14.0. The summed E-state index contributed by atoms with van der Waals surface area (Å²) in [5.41, 5.74) is 2.67. The standard InChI is InChI=1S/C19H33N/c1-6-9-17(4)11-12-18(5)19-10-7-8-14-20(15-13-19)16(2)3/h9,11-12,16,19H,5-8,10,13-15H2,1-4H3/b12-11-,17-9-. The number of likely N-dealkylation sites (tertiary alicyclic amines) is 1. The molecule has 0 spiro atoms. The molecule has 1 atom stereocenters. The Morgan fingerprint density at radius 2 is 1.95 bits per heavy atom. The number of hydrogen-bond donors (Lipinski definition) is 0. The molecule has 0 aromatic heterocycles. The van der Waals surface area contributed by atoms with Crippen LogP contribution >= 0.6 is 0 Å². The minimum atomic E-state index is 0.669. The highest BCUT2D eigenvalue weighted by atomic mass is 15.1. The van der Waals surface area contributed by atoms with E-state index in [-0.39, 0.29) is 0 Å². The molecule has 1 nitrogen and oxygen atoms in total. The molecule has 1 heterocycles. The van der Waals surface area contributed by atoms with Crippen LogP contribution in [0, 0.1) is 5.92 Å². The minimum absolute atomic E-state index is 0.669. The number of allylic oxidation sites excluding steroid dienone is 5. The maximum absolute atomic E-state index is 4.32. The van der Waals surface area contributed by atoms with E-state index in [1.54, 1.807) is 0 Å². The molecule has 114 valence electrons. The third kappa shape index (κ3) is 6.09. The molecule has 0 aromatic carbocycles. The fourth-order valence-electron chi connectivity index (χ4n) is 2.94. The quantitative estimate of drug-likeness (QED) is 0.611. The van der Waals surface area contributed by atoms with Crippen LogP contribution in [-0.2, 0) is 0 Å². The van der Waals surface area contributed by atoms with Gasteiger partial charge >= 0.3 is 0 Å². The van der Waals surface area contributed by atoms with Crippen LogP contribution in [-0.4, -0.2) is 24.0 Å². The Kier molecular flexibility index (Phi) is 7.91. The molecule has 1 heteroatoms. The predicted octanol–water partition coefficient (Wildman–Crippen LogP) is 5.36. The van der Waals surface area contributed by atoms with Crippen LogP contribution < -0.4 is 0 Å². The highest BCUT2D eigenvalue weighted by Crippen LogP contribution is 2.25. The summed E-state index contributed by atoms with van der Waals surface area (Å²) in [4.78, 5) is 2.62. The van der Waals surface area contributed by atoms with E-state index in [0.717, 1.165) is 6.42 Å². The third-order valence-electron chi connectivity index (χ3n) is 4.35. The minimum Gasteiger partial charge on any atom is -0.301 e. The molecule has 0 radical (unpaired) electrons. The van der Waals surface area contributed by atoms with Crippen molar-refractivity contribution in [1.82, 2.24) is 4.90 Å². The second-order valence-electron chi connectivity index (χ2n) is 6.38. The van der Waals surface area contributed by atoms with Gasteiger partial charge in [0.15, 0.2) is 0 Å². The van der Waals surface area contributed by atoms with E-state index < -0.39 is 0 Å². The number of hydrogen-bond acceptors (Lipinski definition) is 1. The zero-order chi connectivity index (χ0) is 15.0. The molecule has 0 saturated carbocycles. The van der Waals surface area contributed by atoms with Crippen molar-refractivity contribution in [2.24, 2.45) is 5.92 Å². The molecular weight excluding hydrogens is 242 g/mol. The fraction of sp³-hybridized carbons (Fsp3) is 0.684. The van der Waals surface area contributed by atoms with Crippen molar-refractivity contribution in [2.45, 2.75) is 65.8 Å². The van der Waals surface area contributed by atoms with Gasteiger partial charge in [-0.05, 0) is 65.5 Å². The van der Waals surface area contributed by atoms with E-state index in [4.69, 9.17) is 0 Å². The van der Waals surface area contributed by atoms with Gasteiger partial charge in [0.2, 0.25) is 0 Å². The lowest BCUT2D eigenvalue weighted by Crippen LogP contribution is -2.35. The molecule has 0 aliphatic carbocycles. The van der Waals surface area contributed by atoms with Crippen molar-refractivity contribution in [3.8, 4) is 0 Å². The van der Waals surface area contributed by atoms with Gasteiger partial charge in [0, 0.05) is 6.04 Å².